The summed E-state index contributed by atoms with van der Waals surface area (Å²) in [6, 6.07) is 0. The molecule has 1 aromatic heterocycles. The second-order valence-corrected chi connectivity index (χ2v) is 2.83. The second-order valence-electron chi connectivity index (χ2n) is 2.83. The lowest BCUT2D eigenvalue weighted by atomic mass is 10.2. The van der Waals surface area contributed by atoms with Crippen LogP contribution in [0, 0.1) is 0 Å². The molecule has 0 saturated carbocycles. The van der Waals surface area contributed by atoms with Crippen molar-refractivity contribution in [1.82, 2.24) is 9.55 Å². The van der Waals surface area contributed by atoms with Crippen LogP contribution in [0.5, 0.6) is 0 Å². The van der Waals surface area contributed by atoms with Gasteiger partial charge in [0.1, 0.15) is 0 Å². The molecule has 3 nitrogen and oxygen atoms in total. The van der Waals surface area contributed by atoms with Crippen LogP contribution in [0.4, 0.5) is 0 Å². The quantitative estimate of drug-likeness (QED) is 0.601. The lowest BCUT2D eigenvalue weighted by Crippen LogP contribution is -2.02. The zero-order valence-corrected chi connectivity index (χ0v) is 6.66. The average Bonchev–Trinajstić information content (AvgIpc) is 2.68. The Hall–Kier alpha value is -0.830. The summed E-state index contributed by atoms with van der Waals surface area (Å²) in [6.07, 6.45) is 5.29. The van der Waals surface area contributed by atoms with Gasteiger partial charge in [0.05, 0.1) is 19.0 Å². The number of aromatic nitrogens is 2. The highest BCUT2D eigenvalue weighted by Crippen LogP contribution is 2.15. The van der Waals surface area contributed by atoms with Gasteiger partial charge in [-0.1, -0.05) is 0 Å². The van der Waals surface area contributed by atoms with E-state index in [4.69, 9.17) is 4.74 Å². The fourth-order valence-corrected chi connectivity index (χ4v) is 1.22. The zero-order chi connectivity index (χ0) is 7.68. The van der Waals surface area contributed by atoms with E-state index in [0.29, 0.717) is 6.10 Å². The van der Waals surface area contributed by atoms with Gasteiger partial charge < -0.3 is 9.30 Å². The van der Waals surface area contributed by atoms with Crippen molar-refractivity contribution in [3.63, 3.8) is 0 Å². The molecule has 1 aliphatic rings. The van der Waals surface area contributed by atoms with Crippen molar-refractivity contribution in [2.24, 2.45) is 0 Å². The van der Waals surface area contributed by atoms with E-state index in [1.54, 1.807) is 0 Å². The third-order valence-electron chi connectivity index (χ3n) is 1.98. The monoisotopic (exact) mass is 152 g/mol. The Labute approximate surface area is 66.0 Å². The van der Waals surface area contributed by atoms with Crippen LogP contribution in [0.15, 0.2) is 12.5 Å². The SMILES string of the molecule is CCn1cncc1CC1CO1. The van der Waals surface area contributed by atoms with Gasteiger partial charge in [-0.2, -0.15) is 0 Å². The largest absolute Gasteiger partial charge is 0.373 e. The Bertz CT molecular complexity index is 240. The van der Waals surface area contributed by atoms with Gasteiger partial charge in [0.2, 0.25) is 0 Å². The molecule has 0 spiro atoms. The Morgan fingerprint density at radius 2 is 2.64 bits per heavy atom. The number of imidazole rings is 1. The molecule has 1 saturated heterocycles. The first-order valence-corrected chi connectivity index (χ1v) is 4.00. The molecule has 1 aromatic rings. The van der Waals surface area contributed by atoms with E-state index < -0.39 is 0 Å². The molecule has 2 heterocycles. The molecule has 2 rings (SSSR count). The fraction of sp³-hybridized carbons (Fsp3) is 0.625. The van der Waals surface area contributed by atoms with Crippen LogP contribution in [0.2, 0.25) is 0 Å². The van der Waals surface area contributed by atoms with Crippen molar-refractivity contribution in [2.75, 3.05) is 6.61 Å². The standard InChI is InChI=1S/C8H12N2O/c1-2-10-6-9-4-7(10)3-8-5-11-8/h4,6,8H,2-3,5H2,1H3. The lowest BCUT2D eigenvalue weighted by Gasteiger charge is -2.01. The molecule has 1 fully saturated rings. The summed E-state index contributed by atoms with van der Waals surface area (Å²) in [5.41, 5.74) is 1.29. The Kier molecular flexibility index (Phi) is 1.66. The van der Waals surface area contributed by atoms with Gasteiger partial charge in [0.15, 0.2) is 0 Å². The number of aryl methyl sites for hydroxylation is 1. The van der Waals surface area contributed by atoms with E-state index in [0.717, 1.165) is 19.6 Å². The van der Waals surface area contributed by atoms with E-state index in [1.165, 1.54) is 5.69 Å². The molecule has 11 heavy (non-hydrogen) atoms. The smallest absolute Gasteiger partial charge is 0.0948 e. The van der Waals surface area contributed by atoms with Crippen molar-refractivity contribution >= 4 is 0 Å². The molecule has 60 valence electrons. The highest BCUT2D eigenvalue weighted by Gasteiger charge is 2.23. The molecule has 1 unspecified atom stereocenters. The molecular weight excluding hydrogens is 140 g/mol. The van der Waals surface area contributed by atoms with Crippen molar-refractivity contribution in [1.29, 1.82) is 0 Å². The summed E-state index contributed by atoms with van der Waals surface area (Å²) in [5, 5.41) is 0. The van der Waals surface area contributed by atoms with Crippen molar-refractivity contribution in [3.05, 3.63) is 18.2 Å². The Morgan fingerprint density at radius 1 is 1.82 bits per heavy atom. The van der Waals surface area contributed by atoms with Crippen molar-refractivity contribution in [3.8, 4) is 0 Å². The molecular formula is C8H12N2O. The third-order valence-corrected chi connectivity index (χ3v) is 1.98. The molecule has 0 bridgehead atoms. The second kappa shape index (κ2) is 2.66. The van der Waals surface area contributed by atoms with E-state index in [-0.39, 0.29) is 0 Å². The highest BCUT2D eigenvalue weighted by atomic mass is 16.6. The number of nitrogens with zero attached hydrogens (tertiary/aromatic N) is 2. The molecule has 1 aliphatic heterocycles. The van der Waals surface area contributed by atoms with Gasteiger partial charge in [0, 0.05) is 24.9 Å². The summed E-state index contributed by atoms with van der Waals surface area (Å²) >= 11 is 0. The van der Waals surface area contributed by atoms with Gasteiger partial charge in [-0.15, -0.1) is 0 Å². The number of hydrogen-bond acceptors (Lipinski definition) is 2. The molecule has 0 radical (unpaired) electrons. The van der Waals surface area contributed by atoms with E-state index in [2.05, 4.69) is 16.5 Å². The maximum Gasteiger partial charge on any atom is 0.0948 e. The number of hydrogen-bond donors (Lipinski definition) is 0. The van der Waals surface area contributed by atoms with Crippen LogP contribution in [-0.4, -0.2) is 22.3 Å². The topological polar surface area (TPSA) is 30.4 Å². The number of epoxide rings is 1. The van der Waals surface area contributed by atoms with Crippen molar-refractivity contribution < 1.29 is 4.74 Å². The molecule has 0 amide bonds. The van der Waals surface area contributed by atoms with Gasteiger partial charge in [-0.3, -0.25) is 0 Å². The summed E-state index contributed by atoms with van der Waals surface area (Å²) < 4.78 is 7.29. The van der Waals surface area contributed by atoms with Crippen LogP contribution in [0.1, 0.15) is 12.6 Å². The maximum atomic E-state index is 5.14. The molecule has 1 atom stereocenters. The van der Waals surface area contributed by atoms with Crippen LogP contribution < -0.4 is 0 Å². The minimum Gasteiger partial charge on any atom is -0.373 e. The Morgan fingerprint density at radius 3 is 3.27 bits per heavy atom. The summed E-state index contributed by atoms with van der Waals surface area (Å²) in [4.78, 5) is 4.08. The van der Waals surface area contributed by atoms with Crippen LogP contribution >= 0.6 is 0 Å². The first kappa shape index (κ1) is 6.85. The Balaban J connectivity index is 2.07. The summed E-state index contributed by atoms with van der Waals surface area (Å²) in [7, 11) is 0. The van der Waals surface area contributed by atoms with Crippen LogP contribution in [-0.2, 0) is 17.7 Å². The predicted molar refractivity (Wildman–Crippen MR) is 41.3 cm³/mol. The first-order valence-electron chi connectivity index (χ1n) is 4.00. The first-order chi connectivity index (χ1) is 5.40. The van der Waals surface area contributed by atoms with Crippen LogP contribution in [0.25, 0.3) is 0 Å². The normalized spacial score (nSPS) is 22.1. The zero-order valence-electron chi connectivity index (χ0n) is 6.66. The molecule has 0 aliphatic carbocycles. The summed E-state index contributed by atoms with van der Waals surface area (Å²) in [6.45, 7) is 4.05. The average molecular weight is 152 g/mol. The number of ether oxygens (including phenoxy) is 1. The summed E-state index contributed by atoms with van der Waals surface area (Å²) in [5.74, 6) is 0. The molecule has 0 N–H and O–H groups in total. The number of rotatable bonds is 3. The van der Waals surface area contributed by atoms with Gasteiger partial charge in [-0.05, 0) is 6.92 Å². The predicted octanol–water partition coefficient (Wildman–Crippen LogP) is 0.844. The van der Waals surface area contributed by atoms with Gasteiger partial charge in [-0.25, -0.2) is 4.98 Å². The van der Waals surface area contributed by atoms with Crippen LogP contribution in [0.3, 0.4) is 0 Å². The van der Waals surface area contributed by atoms with Gasteiger partial charge in [0.25, 0.3) is 0 Å². The third kappa shape index (κ3) is 1.43. The van der Waals surface area contributed by atoms with E-state index >= 15 is 0 Å². The highest BCUT2D eigenvalue weighted by molar-refractivity contribution is 5.01. The minimum atomic E-state index is 0.469. The van der Waals surface area contributed by atoms with Crippen molar-refractivity contribution in [2.45, 2.75) is 26.0 Å². The molecule has 0 aromatic carbocycles. The minimum absolute atomic E-state index is 0.469. The van der Waals surface area contributed by atoms with E-state index in [9.17, 15) is 0 Å². The van der Waals surface area contributed by atoms with E-state index in [1.807, 2.05) is 12.5 Å². The molecule has 3 heteroatoms. The lowest BCUT2D eigenvalue weighted by molar-refractivity contribution is 0.403. The maximum absolute atomic E-state index is 5.14. The fourth-order valence-electron chi connectivity index (χ4n) is 1.22. The van der Waals surface area contributed by atoms with Gasteiger partial charge >= 0.3 is 0 Å².